The molecule has 0 N–H and O–H groups in total. The van der Waals surface area contributed by atoms with E-state index in [0.717, 1.165) is 43.1 Å². The number of hydrogen-bond acceptors (Lipinski definition) is 3. The number of rotatable bonds is 4. The van der Waals surface area contributed by atoms with Gasteiger partial charge in [0.15, 0.2) is 0 Å². The normalized spacial score (nSPS) is 16.0. The number of hydrogen-bond donors (Lipinski definition) is 0. The third-order valence-electron chi connectivity index (χ3n) is 3.68. The van der Waals surface area contributed by atoms with Crippen molar-refractivity contribution in [1.29, 1.82) is 0 Å². The van der Waals surface area contributed by atoms with Gasteiger partial charge in [0.2, 0.25) is 0 Å². The second-order valence-corrected chi connectivity index (χ2v) is 5.11. The molecule has 4 heteroatoms. The van der Waals surface area contributed by atoms with E-state index < -0.39 is 0 Å². The van der Waals surface area contributed by atoms with E-state index in [2.05, 4.69) is 18.5 Å². The number of ether oxygens (including phenoxy) is 1. The van der Waals surface area contributed by atoms with E-state index in [-0.39, 0.29) is 5.91 Å². The molecule has 0 saturated carbocycles. The summed E-state index contributed by atoms with van der Waals surface area (Å²) in [5.41, 5.74) is 1.73. The van der Waals surface area contributed by atoms with Crippen molar-refractivity contribution in [2.75, 3.05) is 40.3 Å². The number of methoxy groups -OCH3 is 1. The molecule has 1 aromatic carbocycles. The number of benzene rings is 1. The van der Waals surface area contributed by atoms with Gasteiger partial charge in [0.05, 0.1) is 7.11 Å². The van der Waals surface area contributed by atoms with Gasteiger partial charge in [-0.25, -0.2) is 0 Å². The van der Waals surface area contributed by atoms with Crippen molar-refractivity contribution in [3.63, 3.8) is 0 Å². The van der Waals surface area contributed by atoms with Gasteiger partial charge >= 0.3 is 0 Å². The molecule has 108 valence electrons. The van der Waals surface area contributed by atoms with Crippen LogP contribution in [-0.4, -0.2) is 56.0 Å². The fourth-order valence-corrected chi connectivity index (χ4v) is 2.42. The highest BCUT2D eigenvalue weighted by Crippen LogP contribution is 2.22. The van der Waals surface area contributed by atoms with Crippen LogP contribution >= 0.6 is 0 Å². The molecular formula is C16H22N2O2. The van der Waals surface area contributed by atoms with E-state index in [0.29, 0.717) is 6.42 Å². The van der Waals surface area contributed by atoms with Crippen molar-refractivity contribution in [3.05, 3.63) is 42.0 Å². The van der Waals surface area contributed by atoms with Gasteiger partial charge in [0, 0.05) is 31.7 Å². The molecule has 20 heavy (non-hydrogen) atoms. The van der Waals surface area contributed by atoms with Crippen molar-refractivity contribution >= 4 is 5.91 Å². The topological polar surface area (TPSA) is 32.8 Å². The number of nitrogens with zero attached hydrogens (tertiary/aromatic N) is 2. The highest BCUT2D eigenvalue weighted by atomic mass is 16.5. The van der Waals surface area contributed by atoms with Gasteiger partial charge in [-0.15, -0.1) is 6.58 Å². The first-order valence-corrected chi connectivity index (χ1v) is 6.91. The molecule has 0 aliphatic carbocycles. The lowest BCUT2D eigenvalue weighted by molar-refractivity contribution is 0.0664. The predicted octanol–water partition coefficient (Wildman–Crippen LogP) is 1.81. The minimum atomic E-state index is 0.103. The van der Waals surface area contributed by atoms with Gasteiger partial charge in [-0.2, -0.15) is 0 Å². The summed E-state index contributed by atoms with van der Waals surface area (Å²) in [6.07, 6.45) is 2.52. The Morgan fingerprint density at radius 1 is 1.35 bits per heavy atom. The number of allylic oxidation sites excluding steroid dienone is 1. The van der Waals surface area contributed by atoms with E-state index in [4.69, 9.17) is 4.74 Å². The minimum Gasteiger partial charge on any atom is -0.496 e. The van der Waals surface area contributed by atoms with Crippen LogP contribution in [0.25, 0.3) is 0 Å². The van der Waals surface area contributed by atoms with Gasteiger partial charge in [-0.1, -0.05) is 6.08 Å². The van der Waals surface area contributed by atoms with Gasteiger partial charge in [-0.3, -0.25) is 4.79 Å². The molecule has 1 aliphatic heterocycles. The average Bonchev–Trinajstić information content (AvgIpc) is 2.47. The van der Waals surface area contributed by atoms with Crippen molar-refractivity contribution in [1.82, 2.24) is 9.80 Å². The quantitative estimate of drug-likeness (QED) is 0.785. The minimum absolute atomic E-state index is 0.103. The van der Waals surface area contributed by atoms with E-state index in [1.54, 1.807) is 7.11 Å². The first-order valence-electron chi connectivity index (χ1n) is 6.91. The number of amides is 1. The summed E-state index contributed by atoms with van der Waals surface area (Å²) in [6, 6.07) is 5.62. The fraction of sp³-hybridized carbons (Fsp3) is 0.438. The Labute approximate surface area is 120 Å². The summed E-state index contributed by atoms with van der Waals surface area (Å²) in [7, 11) is 3.72. The zero-order valence-corrected chi connectivity index (χ0v) is 12.3. The zero-order chi connectivity index (χ0) is 14.5. The Morgan fingerprint density at radius 3 is 2.65 bits per heavy atom. The van der Waals surface area contributed by atoms with Crippen LogP contribution in [0.4, 0.5) is 0 Å². The Kier molecular flexibility index (Phi) is 4.79. The van der Waals surface area contributed by atoms with Gasteiger partial charge in [-0.05, 0) is 37.2 Å². The van der Waals surface area contributed by atoms with Crippen molar-refractivity contribution in [3.8, 4) is 5.75 Å². The molecule has 0 radical (unpaired) electrons. The maximum atomic E-state index is 12.5. The number of piperazine rings is 1. The SMILES string of the molecule is C=CCc1cc(C(=O)N2CCN(C)CC2)ccc1OC. The van der Waals surface area contributed by atoms with Crippen molar-refractivity contribution < 1.29 is 9.53 Å². The van der Waals surface area contributed by atoms with E-state index in [1.165, 1.54) is 0 Å². The Morgan fingerprint density at radius 2 is 2.05 bits per heavy atom. The van der Waals surface area contributed by atoms with Gasteiger partial charge in [0.25, 0.3) is 5.91 Å². The molecule has 0 atom stereocenters. The molecule has 1 aliphatic rings. The lowest BCUT2D eigenvalue weighted by Gasteiger charge is -2.32. The molecule has 0 bridgehead atoms. The summed E-state index contributed by atoms with van der Waals surface area (Å²) in [4.78, 5) is 16.7. The van der Waals surface area contributed by atoms with Crippen LogP contribution in [0.5, 0.6) is 5.75 Å². The highest BCUT2D eigenvalue weighted by Gasteiger charge is 2.20. The number of carbonyl (C=O) groups is 1. The molecule has 0 spiro atoms. The average molecular weight is 274 g/mol. The molecule has 0 aromatic heterocycles. The second-order valence-electron chi connectivity index (χ2n) is 5.11. The lowest BCUT2D eigenvalue weighted by atomic mass is 10.1. The molecule has 1 heterocycles. The number of carbonyl (C=O) groups excluding carboxylic acids is 1. The van der Waals surface area contributed by atoms with E-state index in [9.17, 15) is 4.79 Å². The molecule has 2 rings (SSSR count). The van der Waals surface area contributed by atoms with Crippen LogP contribution in [-0.2, 0) is 6.42 Å². The largest absolute Gasteiger partial charge is 0.496 e. The Bertz CT molecular complexity index is 491. The standard InChI is InChI=1S/C16H22N2O2/c1-4-5-13-12-14(6-7-15(13)20-3)16(19)18-10-8-17(2)9-11-18/h4,6-7,12H,1,5,8-11H2,2-3H3. The number of likely N-dealkylation sites (N-methyl/N-ethyl adjacent to an activating group) is 1. The second kappa shape index (κ2) is 6.57. The first-order chi connectivity index (χ1) is 9.65. The van der Waals surface area contributed by atoms with E-state index in [1.807, 2.05) is 29.2 Å². The Balaban J connectivity index is 2.17. The molecule has 0 unspecified atom stereocenters. The van der Waals surface area contributed by atoms with Crippen LogP contribution in [0.15, 0.2) is 30.9 Å². The Hall–Kier alpha value is -1.81. The predicted molar refractivity (Wildman–Crippen MR) is 80.3 cm³/mol. The maximum absolute atomic E-state index is 12.5. The summed E-state index contributed by atoms with van der Waals surface area (Å²) in [5.74, 6) is 0.908. The highest BCUT2D eigenvalue weighted by molar-refractivity contribution is 5.94. The maximum Gasteiger partial charge on any atom is 0.253 e. The summed E-state index contributed by atoms with van der Waals surface area (Å²) >= 11 is 0. The molecule has 1 fully saturated rings. The van der Waals surface area contributed by atoms with Gasteiger partial charge in [0.1, 0.15) is 5.75 Å². The summed E-state index contributed by atoms with van der Waals surface area (Å²) in [5, 5.41) is 0. The monoisotopic (exact) mass is 274 g/mol. The van der Waals surface area contributed by atoms with Crippen LogP contribution in [0, 0.1) is 0 Å². The molecule has 1 amide bonds. The third kappa shape index (κ3) is 3.20. The molecular weight excluding hydrogens is 252 g/mol. The van der Waals surface area contributed by atoms with Gasteiger partial charge < -0.3 is 14.5 Å². The lowest BCUT2D eigenvalue weighted by Crippen LogP contribution is -2.47. The fourth-order valence-electron chi connectivity index (χ4n) is 2.42. The smallest absolute Gasteiger partial charge is 0.253 e. The van der Waals surface area contributed by atoms with Crippen LogP contribution in [0.2, 0.25) is 0 Å². The molecule has 4 nitrogen and oxygen atoms in total. The van der Waals surface area contributed by atoms with Crippen LogP contribution < -0.4 is 4.74 Å². The van der Waals surface area contributed by atoms with E-state index >= 15 is 0 Å². The third-order valence-corrected chi connectivity index (χ3v) is 3.68. The first kappa shape index (κ1) is 14.6. The zero-order valence-electron chi connectivity index (χ0n) is 12.3. The van der Waals surface area contributed by atoms with Crippen molar-refractivity contribution in [2.24, 2.45) is 0 Å². The van der Waals surface area contributed by atoms with Crippen LogP contribution in [0.3, 0.4) is 0 Å². The molecule has 1 aromatic rings. The molecule has 1 saturated heterocycles. The van der Waals surface area contributed by atoms with Crippen molar-refractivity contribution in [2.45, 2.75) is 6.42 Å². The van der Waals surface area contributed by atoms with Crippen LogP contribution in [0.1, 0.15) is 15.9 Å². The summed E-state index contributed by atoms with van der Waals surface area (Å²) < 4.78 is 5.31. The summed E-state index contributed by atoms with van der Waals surface area (Å²) in [6.45, 7) is 7.19.